The highest BCUT2D eigenvalue weighted by Crippen LogP contribution is 2.36. The van der Waals surface area contributed by atoms with Crippen LogP contribution in [-0.4, -0.2) is 38.4 Å². The van der Waals surface area contributed by atoms with Crippen molar-refractivity contribution in [1.82, 2.24) is 4.31 Å². The SMILES string of the molecule is CCCOc1ccccc1OC(=O)C1CCN(S(=O)(=O)c2ccccc2C(F)(F)F)CC1. The molecule has 0 aromatic heterocycles. The van der Waals surface area contributed by atoms with Crippen LogP contribution in [-0.2, 0) is 21.0 Å². The Balaban J connectivity index is 1.68. The second-order valence-corrected chi connectivity index (χ2v) is 9.29. The van der Waals surface area contributed by atoms with Crippen LogP contribution in [0.5, 0.6) is 11.5 Å². The summed E-state index contributed by atoms with van der Waals surface area (Å²) in [6, 6.07) is 10.8. The Morgan fingerprint density at radius 1 is 1.03 bits per heavy atom. The van der Waals surface area contributed by atoms with E-state index in [1.54, 1.807) is 24.3 Å². The highest BCUT2D eigenvalue weighted by Gasteiger charge is 2.40. The number of carbonyl (C=O) groups excluding carboxylic acids is 1. The van der Waals surface area contributed by atoms with Crippen LogP contribution in [0.2, 0.25) is 0 Å². The van der Waals surface area contributed by atoms with Gasteiger partial charge in [-0.15, -0.1) is 0 Å². The van der Waals surface area contributed by atoms with Gasteiger partial charge in [0.2, 0.25) is 10.0 Å². The third-order valence-corrected chi connectivity index (χ3v) is 7.08. The number of carbonyl (C=O) groups is 1. The van der Waals surface area contributed by atoms with Gasteiger partial charge in [-0.25, -0.2) is 8.42 Å². The third-order valence-electron chi connectivity index (χ3n) is 5.12. The summed E-state index contributed by atoms with van der Waals surface area (Å²) < 4.78 is 77.6. The molecule has 0 amide bonds. The molecule has 1 heterocycles. The first-order chi connectivity index (χ1) is 15.1. The molecule has 2 aromatic carbocycles. The fourth-order valence-electron chi connectivity index (χ4n) is 3.45. The lowest BCUT2D eigenvalue weighted by atomic mass is 9.98. The topological polar surface area (TPSA) is 72.9 Å². The Hall–Kier alpha value is -2.59. The Morgan fingerprint density at radius 3 is 2.25 bits per heavy atom. The number of nitrogens with zero attached hydrogens (tertiary/aromatic N) is 1. The first-order valence-electron chi connectivity index (χ1n) is 10.2. The molecule has 0 bridgehead atoms. The Morgan fingerprint density at radius 2 is 1.62 bits per heavy atom. The number of ether oxygens (including phenoxy) is 2. The van der Waals surface area contributed by atoms with E-state index in [4.69, 9.17) is 9.47 Å². The molecular weight excluding hydrogens is 447 g/mol. The molecule has 0 unspecified atom stereocenters. The van der Waals surface area contributed by atoms with E-state index in [2.05, 4.69) is 0 Å². The lowest BCUT2D eigenvalue weighted by Crippen LogP contribution is -2.41. The molecule has 1 saturated heterocycles. The number of hydrogen-bond donors (Lipinski definition) is 0. The standard InChI is InChI=1S/C22H24F3NO5S/c1-2-15-30-18-8-4-5-9-19(18)31-21(27)16-11-13-26(14-12-16)32(28,29)20-10-6-3-7-17(20)22(23,24)25/h3-10,16H,2,11-15H2,1H3. The quantitative estimate of drug-likeness (QED) is 0.439. The molecule has 0 radical (unpaired) electrons. The molecule has 32 heavy (non-hydrogen) atoms. The Bertz CT molecular complexity index is 1050. The number of halogens is 3. The van der Waals surface area contributed by atoms with Crippen LogP contribution >= 0.6 is 0 Å². The zero-order valence-electron chi connectivity index (χ0n) is 17.5. The Labute approximate surface area is 185 Å². The van der Waals surface area contributed by atoms with E-state index in [1.807, 2.05) is 6.92 Å². The number of para-hydroxylation sites is 2. The average molecular weight is 471 g/mol. The van der Waals surface area contributed by atoms with Crippen LogP contribution in [0.1, 0.15) is 31.7 Å². The van der Waals surface area contributed by atoms with Crippen LogP contribution in [0, 0.1) is 5.92 Å². The highest BCUT2D eigenvalue weighted by molar-refractivity contribution is 7.89. The monoisotopic (exact) mass is 471 g/mol. The van der Waals surface area contributed by atoms with Crippen molar-refractivity contribution in [3.63, 3.8) is 0 Å². The fourth-order valence-corrected chi connectivity index (χ4v) is 5.14. The van der Waals surface area contributed by atoms with Gasteiger partial charge >= 0.3 is 12.1 Å². The van der Waals surface area contributed by atoms with E-state index in [0.29, 0.717) is 12.4 Å². The maximum atomic E-state index is 13.3. The summed E-state index contributed by atoms with van der Waals surface area (Å²) >= 11 is 0. The summed E-state index contributed by atoms with van der Waals surface area (Å²) in [5.74, 6) is -0.379. The predicted octanol–water partition coefficient (Wildman–Crippen LogP) is 4.50. The van der Waals surface area contributed by atoms with Crippen LogP contribution in [0.15, 0.2) is 53.4 Å². The van der Waals surface area contributed by atoms with Gasteiger partial charge < -0.3 is 9.47 Å². The normalized spacial score (nSPS) is 16.0. The number of hydrogen-bond acceptors (Lipinski definition) is 5. The van der Waals surface area contributed by atoms with E-state index in [0.717, 1.165) is 28.9 Å². The minimum absolute atomic E-state index is 0.0811. The van der Waals surface area contributed by atoms with Gasteiger partial charge in [-0.3, -0.25) is 4.79 Å². The maximum Gasteiger partial charge on any atom is 0.417 e. The second-order valence-electron chi connectivity index (χ2n) is 7.39. The number of rotatable bonds is 7. The van der Waals surface area contributed by atoms with Crippen molar-refractivity contribution in [2.75, 3.05) is 19.7 Å². The third kappa shape index (κ3) is 5.42. The molecule has 0 saturated carbocycles. The predicted molar refractivity (Wildman–Crippen MR) is 111 cm³/mol. The molecule has 174 valence electrons. The van der Waals surface area contributed by atoms with Gasteiger partial charge in [0.15, 0.2) is 11.5 Å². The van der Waals surface area contributed by atoms with Crippen molar-refractivity contribution in [3.05, 3.63) is 54.1 Å². The van der Waals surface area contributed by atoms with Crippen LogP contribution in [0.3, 0.4) is 0 Å². The largest absolute Gasteiger partial charge is 0.490 e. The van der Waals surface area contributed by atoms with Crippen LogP contribution in [0.25, 0.3) is 0 Å². The van der Waals surface area contributed by atoms with Gasteiger partial charge in [-0.05, 0) is 43.5 Å². The van der Waals surface area contributed by atoms with Gasteiger partial charge in [-0.2, -0.15) is 17.5 Å². The molecule has 0 spiro atoms. The van der Waals surface area contributed by atoms with Gasteiger partial charge in [0.25, 0.3) is 0 Å². The molecule has 10 heteroatoms. The number of sulfonamides is 1. The summed E-state index contributed by atoms with van der Waals surface area (Å²) in [6.07, 6.45) is -3.72. The zero-order chi connectivity index (χ0) is 23.4. The smallest absolute Gasteiger partial charge is 0.417 e. The fraction of sp³-hybridized carbons (Fsp3) is 0.409. The van der Waals surface area contributed by atoms with E-state index < -0.39 is 38.5 Å². The highest BCUT2D eigenvalue weighted by atomic mass is 32.2. The molecule has 0 aliphatic carbocycles. The van der Waals surface area contributed by atoms with Gasteiger partial charge in [0, 0.05) is 13.1 Å². The molecule has 1 aliphatic rings. The van der Waals surface area contributed by atoms with E-state index in [1.165, 1.54) is 6.07 Å². The molecule has 0 atom stereocenters. The second kappa shape index (κ2) is 9.91. The van der Waals surface area contributed by atoms with Crippen molar-refractivity contribution < 1.29 is 35.9 Å². The van der Waals surface area contributed by atoms with Gasteiger partial charge in [0.05, 0.1) is 23.0 Å². The lowest BCUT2D eigenvalue weighted by molar-refractivity contribution is -0.140. The summed E-state index contributed by atoms with van der Waals surface area (Å²) in [6.45, 7) is 2.25. The van der Waals surface area contributed by atoms with Gasteiger partial charge in [-0.1, -0.05) is 31.2 Å². The maximum absolute atomic E-state index is 13.3. The van der Waals surface area contributed by atoms with E-state index in [-0.39, 0.29) is 31.7 Å². The first-order valence-corrected chi connectivity index (χ1v) is 11.7. The van der Waals surface area contributed by atoms with Crippen molar-refractivity contribution >= 4 is 16.0 Å². The summed E-state index contributed by atoms with van der Waals surface area (Å²) in [7, 11) is -4.36. The molecule has 1 fully saturated rings. The zero-order valence-corrected chi connectivity index (χ0v) is 18.3. The lowest BCUT2D eigenvalue weighted by Gasteiger charge is -2.30. The van der Waals surface area contributed by atoms with Crippen LogP contribution in [0.4, 0.5) is 13.2 Å². The number of esters is 1. The average Bonchev–Trinajstić information content (AvgIpc) is 2.78. The number of alkyl halides is 3. The minimum atomic E-state index is -4.79. The Kier molecular flexibility index (Phi) is 7.45. The van der Waals surface area contributed by atoms with Crippen molar-refractivity contribution in [3.8, 4) is 11.5 Å². The molecule has 3 rings (SSSR count). The van der Waals surface area contributed by atoms with Crippen molar-refractivity contribution in [2.24, 2.45) is 5.92 Å². The van der Waals surface area contributed by atoms with E-state index >= 15 is 0 Å². The summed E-state index contributed by atoms with van der Waals surface area (Å²) in [5.41, 5.74) is -1.20. The van der Waals surface area contributed by atoms with Crippen molar-refractivity contribution in [1.29, 1.82) is 0 Å². The molecule has 0 N–H and O–H groups in total. The van der Waals surface area contributed by atoms with E-state index in [9.17, 15) is 26.4 Å². The molecule has 2 aromatic rings. The summed E-state index contributed by atoms with van der Waals surface area (Å²) in [5, 5.41) is 0. The van der Waals surface area contributed by atoms with Gasteiger partial charge in [0.1, 0.15) is 0 Å². The molecular formula is C22H24F3NO5S. The summed E-state index contributed by atoms with van der Waals surface area (Å²) in [4.78, 5) is 11.8. The van der Waals surface area contributed by atoms with Crippen LogP contribution < -0.4 is 9.47 Å². The first kappa shape index (κ1) is 24.1. The van der Waals surface area contributed by atoms with Crippen molar-refractivity contribution in [2.45, 2.75) is 37.3 Å². The molecule has 6 nitrogen and oxygen atoms in total. The number of piperidine rings is 1. The minimum Gasteiger partial charge on any atom is -0.490 e. The molecule has 1 aliphatic heterocycles. The number of benzene rings is 2.